The highest BCUT2D eigenvalue weighted by molar-refractivity contribution is 7.91. The molecule has 1 aliphatic heterocycles. The molecule has 1 aliphatic rings. The van der Waals surface area contributed by atoms with Gasteiger partial charge in [0.05, 0.1) is 22.8 Å². The Morgan fingerprint density at radius 1 is 1.35 bits per heavy atom. The van der Waals surface area contributed by atoms with Gasteiger partial charge in [0.2, 0.25) is 0 Å². The summed E-state index contributed by atoms with van der Waals surface area (Å²) in [5.74, 6) is 0.416. The smallest absolute Gasteiger partial charge is 0.152 e. The highest BCUT2D eigenvalue weighted by Gasteiger charge is 2.22. The summed E-state index contributed by atoms with van der Waals surface area (Å²) >= 11 is 5.12. The van der Waals surface area contributed by atoms with E-state index in [-0.39, 0.29) is 11.5 Å². The molecule has 5 nitrogen and oxygen atoms in total. The van der Waals surface area contributed by atoms with Crippen LogP contribution in [0.1, 0.15) is 23.4 Å². The van der Waals surface area contributed by atoms with Crippen molar-refractivity contribution < 1.29 is 8.42 Å². The Morgan fingerprint density at radius 2 is 2.05 bits per heavy atom. The van der Waals surface area contributed by atoms with E-state index in [9.17, 15) is 8.42 Å². The van der Waals surface area contributed by atoms with Gasteiger partial charge in [0.15, 0.2) is 9.84 Å². The number of sulfone groups is 1. The summed E-state index contributed by atoms with van der Waals surface area (Å²) in [6, 6.07) is 1.93. The molecule has 1 aromatic rings. The molecule has 0 aliphatic carbocycles. The Bertz CT molecular complexity index is 641. The molecule has 0 spiro atoms. The summed E-state index contributed by atoms with van der Waals surface area (Å²) in [7, 11) is -2.93. The standard InChI is InChI=1S/C13H19N3O2S2/c1-9-8-11(12(13(14)19)10(2)15-9)16-4-3-6-20(17,18)7-5-16/h8H,3-7H2,1-2H3,(H2,14,19). The molecule has 0 amide bonds. The molecular formula is C13H19N3O2S2. The summed E-state index contributed by atoms with van der Waals surface area (Å²) in [6.07, 6.45) is 0.625. The molecule has 2 N–H and O–H groups in total. The molecule has 1 fully saturated rings. The number of thiocarbonyl (C=S) groups is 1. The lowest BCUT2D eigenvalue weighted by atomic mass is 10.1. The zero-order valence-electron chi connectivity index (χ0n) is 11.7. The lowest BCUT2D eigenvalue weighted by molar-refractivity contribution is 0.597. The van der Waals surface area contributed by atoms with Gasteiger partial charge in [-0.3, -0.25) is 4.98 Å². The quantitative estimate of drug-likeness (QED) is 0.820. The molecule has 1 aromatic heterocycles. The first-order chi connectivity index (χ1) is 9.30. The molecule has 0 unspecified atom stereocenters. The van der Waals surface area contributed by atoms with Crippen molar-refractivity contribution in [3.8, 4) is 0 Å². The Hall–Kier alpha value is -1.21. The van der Waals surface area contributed by atoms with Crippen molar-refractivity contribution in [1.29, 1.82) is 0 Å². The van der Waals surface area contributed by atoms with Crippen LogP contribution in [-0.4, -0.2) is 43.0 Å². The average Bonchev–Trinajstić information content (AvgIpc) is 2.48. The second-order valence-corrected chi connectivity index (χ2v) is 7.84. The van der Waals surface area contributed by atoms with Crippen LogP contribution in [-0.2, 0) is 9.84 Å². The second-order valence-electron chi connectivity index (χ2n) is 5.10. The Labute approximate surface area is 125 Å². The van der Waals surface area contributed by atoms with E-state index in [1.165, 1.54) is 0 Å². The molecule has 2 heterocycles. The van der Waals surface area contributed by atoms with E-state index in [4.69, 9.17) is 18.0 Å². The van der Waals surface area contributed by atoms with Crippen LogP contribution in [0.15, 0.2) is 6.07 Å². The van der Waals surface area contributed by atoms with Gasteiger partial charge in [-0.25, -0.2) is 8.42 Å². The summed E-state index contributed by atoms with van der Waals surface area (Å²) in [6.45, 7) is 4.95. The van der Waals surface area contributed by atoms with Gasteiger partial charge in [-0.2, -0.15) is 0 Å². The predicted molar refractivity (Wildman–Crippen MR) is 85.1 cm³/mol. The van der Waals surface area contributed by atoms with Gasteiger partial charge < -0.3 is 10.6 Å². The van der Waals surface area contributed by atoms with Crippen LogP contribution in [0.3, 0.4) is 0 Å². The maximum atomic E-state index is 11.7. The van der Waals surface area contributed by atoms with Crippen molar-refractivity contribution in [2.75, 3.05) is 29.5 Å². The number of nitrogens with two attached hydrogens (primary N) is 1. The molecule has 110 valence electrons. The minimum atomic E-state index is -2.93. The van der Waals surface area contributed by atoms with Gasteiger partial charge in [0.25, 0.3) is 0 Å². The van der Waals surface area contributed by atoms with Crippen molar-refractivity contribution in [3.05, 3.63) is 23.0 Å². The second kappa shape index (κ2) is 5.65. The number of aromatic nitrogens is 1. The fraction of sp³-hybridized carbons (Fsp3) is 0.538. The van der Waals surface area contributed by atoms with Crippen molar-refractivity contribution >= 4 is 32.7 Å². The van der Waals surface area contributed by atoms with Gasteiger partial charge >= 0.3 is 0 Å². The van der Waals surface area contributed by atoms with Crippen molar-refractivity contribution in [3.63, 3.8) is 0 Å². The highest BCUT2D eigenvalue weighted by Crippen LogP contribution is 2.25. The van der Waals surface area contributed by atoms with Gasteiger partial charge in [-0.1, -0.05) is 12.2 Å². The third kappa shape index (κ3) is 3.27. The summed E-state index contributed by atoms with van der Waals surface area (Å²) in [5, 5.41) is 0. The first kappa shape index (κ1) is 15.2. The van der Waals surface area contributed by atoms with Crippen molar-refractivity contribution in [2.24, 2.45) is 5.73 Å². The van der Waals surface area contributed by atoms with E-state index >= 15 is 0 Å². The van der Waals surface area contributed by atoms with Crippen LogP contribution in [0.2, 0.25) is 0 Å². The van der Waals surface area contributed by atoms with E-state index in [1.54, 1.807) is 0 Å². The van der Waals surface area contributed by atoms with Crippen molar-refractivity contribution in [2.45, 2.75) is 20.3 Å². The number of anilines is 1. The normalized spacial score (nSPS) is 18.6. The number of pyridine rings is 1. The zero-order chi connectivity index (χ0) is 14.9. The van der Waals surface area contributed by atoms with Crippen LogP contribution in [0.5, 0.6) is 0 Å². The fourth-order valence-electron chi connectivity index (χ4n) is 2.54. The lowest BCUT2D eigenvalue weighted by Crippen LogP contribution is -2.30. The van der Waals surface area contributed by atoms with Gasteiger partial charge in [0, 0.05) is 24.5 Å². The van der Waals surface area contributed by atoms with Gasteiger partial charge in [0.1, 0.15) is 4.99 Å². The fourth-order valence-corrected chi connectivity index (χ4v) is 4.07. The van der Waals surface area contributed by atoms with E-state index in [0.717, 1.165) is 22.6 Å². The maximum absolute atomic E-state index is 11.7. The van der Waals surface area contributed by atoms with Crippen LogP contribution in [0, 0.1) is 13.8 Å². The molecule has 0 aromatic carbocycles. The summed E-state index contributed by atoms with van der Waals surface area (Å²) in [4.78, 5) is 6.75. The molecule has 0 atom stereocenters. The minimum absolute atomic E-state index is 0.171. The topological polar surface area (TPSA) is 76.3 Å². The number of aryl methyl sites for hydroxylation is 2. The SMILES string of the molecule is Cc1cc(N2CCCS(=O)(=O)CC2)c(C(N)=S)c(C)n1. The number of nitrogens with zero attached hydrogens (tertiary/aromatic N) is 2. The largest absolute Gasteiger partial charge is 0.389 e. The van der Waals surface area contributed by atoms with E-state index in [0.29, 0.717) is 24.5 Å². The highest BCUT2D eigenvalue weighted by atomic mass is 32.2. The number of rotatable bonds is 2. The van der Waals surface area contributed by atoms with E-state index in [1.807, 2.05) is 19.9 Å². The molecule has 20 heavy (non-hydrogen) atoms. The molecular weight excluding hydrogens is 294 g/mol. The van der Waals surface area contributed by atoms with Crippen LogP contribution in [0.25, 0.3) is 0 Å². The Kier molecular flexibility index (Phi) is 4.29. The van der Waals surface area contributed by atoms with Crippen LogP contribution in [0.4, 0.5) is 5.69 Å². The molecule has 1 saturated heterocycles. The lowest BCUT2D eigenvalue weighted by Gasteiger charge is -2.26. The van der Waals surface area contributed by atoms with E-state index < -0.39 is 9.84 Å². The first-order valence-electron chi connectivity index (χ1n) is 6.53. The Balaban J connectivity index is 2.44. The van der Waals surface area contributed by atoms with Gasteiger partial charge in [-0.05, 0) is 26.3 Å². The number of hydrogen-bond acceptors (Lipinski definition) is 5. The van der Waals surface area contributed by atoms with Crippen LogP contribution >= 0.6 is 12.2 Å². The monoisotopic (exact) mass is 313 g/mol. The van der Waals surface area contributed by atoms with Gasteiger partial charge in [-0.15, -0.1) is 0 Å². The molecule has 7 heteroatoms. The van der Waals surface area contributed by atoms with E-state index in [2.05, 4.69) is 9.88 Å². The third-order valence-electron chi connectivity index (χ3n) is 3.45. The Morgan fingerprint density at radius 3 is 2.70 bits per heavy atom. The average molecular weight is 313 g/mol. The first-order valence-corrected chi connectivity index (χ1v) is 8.76. The van der Waals surface area contributed by atoms with Crippen LogP contribution < -0.4 is 10.6 Å². The predicted octanol–water partition coefficient (Wildman–Crippen LogP) is 0.958. The van der Waals surface area contributed by atoms with Crippen molar-refractivity contribution in [1.82, 2.24) is 4.98 Å². The summed E-state index contributed by atoms with van der Waals surface area (Å²) < 4.78 is 23.4. The maximum Gasteiger partial charge on any atom is 0.152 e. The molecule has 2 rings (SSSR count). The number of hydrogen-bond donors (Lipinski definition) is 1. The summed E-state index contributed by atoms with van der Waals surface area (Å²) in [5.41, 5.74) is 9.14. The molecule has 0 bridgehead atoms. The molecule has 0 saturated carbocycles. The minimum Gasteiger partial charge on any atom is -0.389 e. The molecule has 0 radical (unpaired) electrons. The zero-order valence-corrected chi connectivity index (χ0v) is 13.4. The third-order valence-corrected chi connectivity index (χ3v) is 5.37.